The third-order valence-corrected chi connectivity index (χ3v) is 2.30. The summed E-state index contributed by atoms with van der Waals surface area (Å²) in [5, 5.41) is 0. The van der Waals surface area contributed by atoms with Gasteiger partial charge in [-0.2, -0.15) is 0 Å². The molecule has 62 valence electrons. The number of hydrogen-bond donors (Lipinski definition) is 0. The summed E-state index contributed by atoms with van der Waals surface area (Å²) >= 11 is 1.74. The van der Waals surface area contributed by atoms with Crippen LogP contribution in [0.25, 0.3) is 0 Å². The van der Waals surface area contributed by atoms with Crippen LogP contribution < -0.4 is 0 Å². The van der Waals surface area contributed by atoms with Crippen LogP contribution in [0.4, 0.5) is 0 Å². The van der Waals surface area contributed by atoms with E-state index in [1.54, 1.807) is 11.8 Å². The summed E-state index contributed by atoms with van der Waals surface area (Å²) in [7, 11) is 0. The Morgan fingerprint density at radius 1 is 1.33 bits per heavy atom. The summed E-state index contributed by atoms with van der Waals surface area (Å²) in [6, 6.07) is 8.24. The zero-order chi connectivity index (χ0) is 8.81. The first-order valence-electron chi connectivity index (χ1n) is 4.00. The lowest BCUT2D eigenvalue weighted by molar-refractivity contribution is 1.27. The second-order valence-electron chi connectivity index (χ2n) is 2.36. The quantitative estimate of drug-likeness (QED) is 0.468. The van der Waals surface area contributed by atoms with Crippen molar-refractivity contribution in [1.29, 1.82) is 0 Å². The maximum atomic E-state index is 3.14. The lowest BCUT2D eigenvalue weighted by Crippen LogP contribution is -1.78. The van der Waals surface area contributed by atoms with Crippen molar-refractivity contribution in [3.63, 3.8) is 0 Å². The third kappa shape index (κ3) is 2.32. The summed E-state index contributed by atoms with van der Waals surface area (Å²) in [5.74, 6) is 6.22. The fourth-order valence-corrected chi connectivity index (χ4v) is 1.49. The summed E-state index contributed by atoms with van der Waals surface area (Å²) in [6.45, 7) is 2.06. The minimum atomic E-state index is 0.919. The van der Waals surface area contributed by atoms with Crippen molar-refractivity contribution in [2.75, 3.05) is 6.26 Å². The lowest BCUT2D eigenvalue weighted by atomic mass is 10.2. The molecule has 0 bridgehead atoms. The molecule has 1 rings (SSSR count). The van der Waals surface area contributed by atoms with E-state index in [4.69, 9.17) is 0 Å². The normalized spacial score (nSPS) is 8.83. The zero-order valence-corrected chi connectivity index (χ0v) is 8.24. The molecule has 1 heteroatoms. The van der Waals surface area contributed by atoms with Gasteiger partial charge in [0.25, 0.3) is 0 Å². The first kappa shape index (κ1) is 9.22. The SMILES string of the molecule is CCC#Cc1ccccc1SC. The van der Waals surface area contributed by atoms with Crippen LogP contribution in [0.2, 0.25) is 0 Å². The Bertz CT molecular complexity index is 304. The first-order chi connectivity index (χ1) is 5.88. The van der Waals surface area contributed by atoms with Gasteiger partial charge in [-0.25, -0.2) is 0 Å². The highest BCUT2D eigenvalue weighted by molar-refractivity contribution is 7.98. The number of hydrogen-bond acceptors (Lipinski definition) is 1. The topological polar surface area (TPSA) is 0 Å². The molecule has 0 radical (unpaired) electrons. The van der Waals surface area contributed by atoms with E-state index in [1.807, 2.05) is 12.1 Å². The van der Waals surface area contributed by atoms with Crippen molar-refractivity contribution < 1.29 is 0 Å². The van der Waals surface area contributed by atoms with Gasteiger partial charge in [0.05, 0.1) is 0 Å². The van der Waals surface area contributed by atoms with Crippen molar-refractivity contribution in [2.45, 2.75) is 18.2 Å². The number of benzene rings is 1. The van der Waals surface area contributed by atoms with Crippen LogP contribution in [0.15, 0.2) is 29.2 Å². The van der Waals surface area contributed by atoms with Gasteiger partial charge in [0, 0.05) is 16.9 Å². The molecule has 12 heavy (non-hydrogen) atoms. The summed E-state index contributed by atoms with van der Waals surface area (Å²) in [6.07, 6.45) is 3.00. The molecule has 1 aromatic rings. The number of rotatable bonds is 1. The van der Waals surface area contributed by atoms with Gasteiger partial charge in [-0.05, 0) is 18.4 Å². The Labute approximate surface area is 78.4 Å². The molecule has 0 nitrogen and oxygen atoms in total. The van der Waals surface area contributed by atoms with Crippen LogP contribution in [-0.2, 0) is 0 Å². The molecular formula is C11H12S. The largest absolute Gasteiger partial charge is 0.128 e. The average Bonchev–Trinajstić information content (AvgIpc) is 2.15. The Morgan fingerprint density at radius 2 is 2.08 bits per heavy atom. The highest BCUT2D eigenvalue weighted by Crippen LogP contribution is 2.18. The molecule has 0 unspecified atom stereocenters. The van der Waals surface area contributed by atoms with Crippen LogP contribution in [0.5, 0.6) is 0 Å². The van der Waals surface area contributed by atoms with E-state index in [9.17, 15) is 0 Å². The van der Waals surface area contributed by atoms with Crippen molar-refractivity contribution in [1.82, 2.24) is 0 Å². The maximum Gasteiger partial charge on any atom is 0.0381 e. The molecule has 0 aliphatic heterocycles. The predicted molar refractivity (Wildman–Crippen MR) is 55.4 cm³/mol. The van der Waals surface area contributed by atoms with Crippen LogP contribution in [0.3, 0.4) is 0 Å². The van der Waals surface area contributed by atoms with Gasteiger partial charge in [0.2, 0.25) is 0 Å². The molecule has 0 fully saturated rings. The fourth-order valence-electron chi connectivity index (χ4n) is 0.932. The van der Waals surface area contributed by atoms with Crippen LogP contribution in [0.1, 0.15) is 18.9 Å². The monoisotopic (exact) mass is 176 g/mol. The summed E-state index contributed by atoms with van der Waals surface area (Å²) in [4.78, 5) is 1.26. The van der Waals surface area contributed by atoms with Crippen molar-refractivity contribution in [2.24, 2.45) is 0 Å². The van der Waals surface area contributed by atoms with Crippen LogP contribution in [-0.4, -0.2) is 6.26 Å². The van der Waals surface area contributed by atoms with E-state index < -0.39 is 0 Å². The standard InChI is InChI=1S/C11H12S/c1-3-4-7-10-8-5-6-9-11(10)12-2/h5-6,8-9H,3H2,1-2H3. The van der Waals surface area contributed by atoms with Gasteiger partial charge in [-0.15, -0.1) is 11.8 Å². The molecule has 0 saturated heterocycles. The van der Waals surface area contributed by atoms with Gasteiger partial charge < -0.3 is 0 Å². The highest BCUT2D eigenvalue weighted by Gasteiger charge is 1.94. The number of thioether (sulfide) groups is 1. The molecule has 1 aromatic carbocycles. The Morgan fingerprint density at radius 3 is 2.75 bits per heavy atom. The second-order valence-corrected chi connectivity index (χ2v) is 3.20. The highest BCUT2D eigenvalue weighted by atomic mass is 32.2. The average molecular weight is 176 g/mol. The van der Waals surface area contributed by atoms with Crippen molar-refractivity contribution >= 4 is 11.8 Å². The van der Waals surface area contributed by atoms with E-state index in [0.29, 0.717) is 0 Å². The molecule has 0 spiro atoms. The fraction of sp³-hybridized carbons (Fsp3) is 0.273. The van der Waals surface area contributed by atoms with E-state index in [-0.39, 0.29) is 0 Å². The van der Waals surface area contributed by atoms with Gasteiger partial charge in [0.1, 0.15) is 0 Å². The lowest BCUT2D eigenvalue weighted by Gasteiger charge is -1.97. The van der Waals surface area contributed by atoms with E-state index in [0.717, 1.165) is 12.0 Å². The van der Waals surface area contributed by atoms with E-state index >= 15 is 0 Å². The molecule has 0 saturated carbocycles. The van der Waals surface area contributed by atoms with Crippen molar-refractivity contribution in [3.8, 4) is 11.8 Å². The Kier molecular flexibility index (Phi) is 3.76. The van der Waals surface area contributed by atoms with Gasteiger partial charge >= 0.3 is 0 Å². The van der Waals surface area contributed by atoms with Crippen LogP contribution >= 0.6 is 11.8 Å². The zero-order valence-electron chi connectivity index (χ0n) is 7.42. The van der Waals surface area contributed by atoms with Gasteiger partial charge in [-0.1, -0.05) is 30.9 Å². The molecule has 0 heterocycles. The van der Waals surface area contributed by atoms with Crippen LogP contribution in [0, 0.1) is 11.8 Å². The Balaban J connectivity index is 2.97. The van der Waals surface area contributed by atoms with E-state index in [1.165, 1.54) is 4.90 Å². The second kappa shape index (κ2) is 4.90. The summed E-state index contributed by atoms with van der Waals surface area (Å²) in [5.41, 5.74) is 1.15. The molecule has 0 amide bonds. The minimum Gasteiger partial charge on any atom is -0.128 e. The molecular weight excluding hydrogens is 164 g/mol. The van der Waals surface area contributed by atoms with Gasteiger partial charge in [-0.3, -0.25) is 0 Å². The maximum absolute atomic E-state index is 3.14. The molecule has 0 N–H and O–H groups in total. The van der Waals surface area contributed by atoms with Gasteiger partial charge in [0.15, 0.2) is 0 Å². The van der Waals surface area contributed by atoms with Crippen molar-refractivity contribution in [3.05, 3.63) is 29.8 Å². The third-order valence-electron chi connectivity index (χ3n) is 1.51. The molecule has 0 atom stereocenters. The smallest absolute Gasteiger partial charge is 0.0381 e. The molecule has 0 aliphatic carbocycles. The molecule has 0 aliphatic rings. The summed E-state index contributed by atoms with van der Waals surface area (Å²) < 4.78 is 0. The Hall–Kier alpha value is -0.870. The minimum absolute atomic E-state index is 0.919. The first-order valence-corrected chi connectivity index (χ1v) is 5.23. The van der Waals surface area contributed by atoms with E-state index in [2.05, 4.69) is 37.2 Å². The predicted octanol–water partition coefficient (Wildman–Crippen LogP) is 3.17. The molecule has 0 aromatic heterocycles.